The van der Waals surface area contributed by atoms with Crippen molar-refractivity contribution in [2.24, 2.45) is 11.7 Å². The summed E-state index contributed by atoms with van der Waals surface area (Å²) >= 11 is 5.02. The summed E-state index contributed by atoms with van der Waals surface area (Å²) < 4.78 is 5.78. The summed E-state index contributed by atoms with van der Waals surface area (Å²) in [6.45, 7) is 7.38. The van der Waals surface area contributed by atoms with E-state index in [2.05, 4.69) is 25.8 Å². The molecule has 3 nitrogen and oxygen atoms in total. The van der Waals surface area contributed by atoms with Crippen molar-refractivity contribution in [2.45, 2.75) is 26.7 Å². The average Bonchev–Trinajstić information content (AvgIpc) is 2.41. The first-order valence-corrected chi connectivity index (χ1v) is 7.61. The molecule has 1 rings (SSSR count). The number of ether oxygens (including phenoxy) is 1. The van der Waals surface area contributed by atoms with Gasteiger partial charge in [-0.25, -0.2) is 0 Å². The van der Waals surface area contributed by atoms with Gasteiger partial charge in [0.15, 0.2) is 0 Å². The number of rotatable bonds is 9. The second kappa shape index (κ2) is 8.93. The fourth-order valence-corrected chi connectivity index (χ4v) is 2.07. The first-order chi connectivity index (χ1) is 9.50. The molecule has 0 fully saturated rings. The molecule has 0 saturated heterocycles. The van der Waals surface area contributed by atoms with Crippen LogP contribution in [-0.2, 0) is 0 Å². The molecule has 0 bridgehead atoms. The van der Waals surface area contributed by atoms with Crippen molar-refractivity contribution in [3.05, 3.63) is 29.8 Å². The SMILES string of the molecule is CC(C)CCN(C)CCCOc1ccccc1C(N)=S. The van der Waals surface area contributed by atoms with Crippen molar-refractivity contribution < 1.29 is 4.74 Å². The van der Waals surface area contributed by atoms with Crippen LogP contribution >= 0.6 is 12.2 Å². The largest absolute Gasteiger partial charge is 0.493 e. The van der Waals surface area contributed by atoms with E-state index < -0.39 is 0 Å². The third-order valence-electron chi connectivity index (χ3n) is 3.18. The van der Waals surface area contributed by atoms with Crippen LogP contribution in [0.25, 0.3) is 0 Å². The summed E-state index contributed by atoms with van der Waals surface area (Å²) in [5.74, 6) is 1.54. The van der Waals surface area contributed by atoms with Crippen LogP contribution < -0.4 is 10.5 Å². The van der Waals surface area contributed by atoms with Crippen LogP contribution in [0.1, 0.15) is 32.3 Å². The molecule has 0 aliphatic heterocycles. The molecule has 0 unspecified atom stereocenters. The quantitative estimate of drug-likeness (QED) is 0.561. The molecule has 0 amide bonds. The van der Waals surface area contributed by atoms with E-state index in [9.17, 15) is 0 Å². The summed E-state index contributed by atoms with van der Waals surface area (Å²) in [6.07, 6.45) is 2.24. The smallest absolute Gasteiger partial charge is 0.129 e. The first kappa shape index (κ1) is 16.9. The van der Waals surface area contributed by atoms with Gasteiger partial charge in [-0.2, -0.15) is 0 Å². The van der Waals surface area contributed by atoms with Crippen LogP contribution in [0.4, 0.5) is 0 Å². The van der Waals surface area contributed by atoms with E-state index in [1.165, 1.54) is 6.42 Å². The number of hydrogen-bond acceptors (Lipinski definition) is 3. The van der Waals surface area contributed by atoms with Gasteiger partial charge in [-0.1, -0.05) is 38.2 Å². The van der Waals surface area contributed by atoms with E-state index in [0.29, 0.717) is 11.6 Å². The lowest BCUT2D eigenvalue weighted by atomic mass is 10.1. The third-order valence-corrected chi connectivity index (χ3v) is 3.40. The molecular weight excluding hydrogens is 268 g/mol. The van der Waals surface area contributed by atoms with Crippen LogP contribution in [0.5, 0.6) is 5.75 Å². The average molecular weight is 294 g/mol. The Morgan fingerprint density at radius 2 is 2.00 bits per heavy atom. The Balaban J connectivity index is 2.29. The Kier molecular flexibility index (Phi) is 7.55. The molecule has 1 aromatic carbocycles. The molecule has 112 valence electrons. The highest BCUT2D eigenvalue weighted by Crippen LogP contribution is 2.17. The Morgan fingerprint density at radius 1 is 1.30 bits per heavy atom. The van der Waals surface area contributed by atoms with Gasteiger partial charge in [-0.3, -0.25) is 0 Å². The molecule has 0 heterocycles. The molecule has 0 saturated carbocycles. The van der Waals surface area contributed by atoms with E-state index >= 15 is 0 Å². The number of para-hydroxylation sites is 1. The maximum Gasteiger partial charge on any atom is 0.129 e. The van der Waals surface area contributed by atoms with Crippen molar-refractivity contribution in [1.29, 1.82) is 0 Å². The van der Waals surface area contributed by atoms with Crippen LogP contribution in [0.2, 0.25) is 0 Å². The molecule has 0 radical (unpaired) electrons. The van der Waals surface area contributed by atoms with E-state index in [1.54, 1.807) is 0 Å². The molecule has 0 atom stereocenters. The lowest BCUT2D eigenvalue weighted by Crippen LogP contribution is -2.23. The summed E-state index contributed by atoms with van der Waals surface area (Å²) in [7, 11) is 2.16. The topological polar surface area (TPSA) is 38.5 Å². The maximum atomic E-state index is 5.78. The summed E-state index contributed by atoms with van der Waals surface area (Å²) in [5, 5.41) is 0. The summed E-state index contributed by atoms with van der Waals surface area (Å²) in [4.78, 5) is 2.73. The number of benzene rings is 1. The van der Waals surface area contributed by atoms with E-state index in [-0.39, 0.29) is 0 Å². The van der Waals surface area contributed by atoms with Gasteiger partial charge in [-0.05, 0) is 44.5 Å². The highest BCUT2D eigenvalue weighted by atomic mass is 32.1. The van der Waals surface area contributed by atoms with Gasteiger partial charge in [-0.15, -0.1) is 0 Å². The molecule has 0 aliphatic carbocycles. The van der Waals surface area contributed by atoms with Crippen LogP contribution in [0.3, 0.4) is 0 Å². The van der Waals surface area contributed by atoms with Gasteiger partial charge in [0.05, 0.1) is 12.2 Å². The fraction of sp³-hybridized carbons (Fsp3) is 0.562. The van der Waals surface area contributed by atoms with Gasteiger partial charge in [0.1, 0.15) is 10.7 Å². The van der Waals surface area contributed by atoms with E-state index in [1.807, 2.05) is 24.3 Å². The summed E-state index contributed by atoms with van der Waals surface area (Å²) in [5.41, 5.74) is 6.49. The summed E-state index contributed by atoms with van der Waals surface area (Å²) in [6, 6.07) is 7.66. The molecule has 4 heteroatoms. The zero-order chi connectivity index (χ0) is 15.0. The Hall–Kier alpha value is -1.13. The normalized spacial score (nSPS) is 11.1. The Labute approximate surface area is 128 Å². The zero-order valence-electron chi connectivity index (χ0n) is 12.8. The molecule has 0 spiro atoms. The van der Waals surface area contributed by atoms with Crippen molar-refractivity contribution in [1.82, 2.24) is 4.90 Å². The van der Waals surface area contributed by atoms with Crippen LogP contribution in [0.15, 0.2) is 24.3 Å². The van der Waals surface area contributed by atoms with E-state index in [0.717, 1.165) is 36.7 Å². The fourth-order valence-electron chi connectivity index (χ4n) is 1.90. The second-order valence-corrected chi connectivity index (χ2v) is 5.99. The number of nitrogens with zero attached hydrogens (tertiary/aromatic N) is 1. The number of thiocarbonyl (C=S) groups is 1. The monoisotopic (exact) mass is 294 g/mol. The lowest BCUT2D eigenvalue weighted by molar-refractivity contribution is 0.255. The minimum Gasteiger partial charge on any atom is -0.493 e. The van der Waals surface area contributed by atoms with Crippen molar-refractivity contribution >= 4 is 17.2 Å². The zero-order valence-corrected chi connectivity index (χ0v) is 13.6. The second-order valence-electron chi connectivity index (χ2n) is 5.55. The number of nitrogens with two attached hydrogens (primary N) is 1. The van der Waals surface area contributed by atoms with E-state index in [4.69, 9.17) is 22.7 Å². The predicted molar refractivity (Wildman–Crippen MR) is 89.4 cm³/mol. The van der Waals surface area contributed by atoms with Gasteiger partial charge in [0.25, 0.3) is 0 Å². The Bertz CT molecular complexity index is 421. The highest BCUT2D eigenvalue weighted by Gasteiger charge is 2.05. The first-order valence-electron chi connectivity index (χ1n) is 7.21. The van der Waals surface area contributed by atoms with Crippen LogP contribution in [0, 0.1) is 5.92 Å². The molecule has 0 aliphatic rings. The predicted octanol–water partition coefficient (Wildman–Crippen LogP) is 3.07. The van der Waals surface area contributed by atoms with Crippen molar-refractivity contribution in [3.8, 4) is 5.75 Å². The van der Waals surface area contributed by atoms with Crippen molar-refractivity contribution in [2.75, 3.05) is 26.7 Å². The van der Waals surface area contributed by atoms with Gasteiger partial charge >= 0.3 is 0 Å². The minimum atomic E-state index is 0.384. The lowest BCUT2D eigenvalue weighted by Gasteiger charge is -2.18. The number of hydrogen-bond donors (Lipinski definition) is 1. The molecular formula is C16H26N2OS. The van der Waals surface area contributed by atoms with Crippen molar-refractivity contribution in [3.63, 3.8) is 0 Å². The van der Waals surface area contributed by atoms with Crippen LogP contribution in [-0.4, -0.2) is 36.6 Å². The van der Waals surface area contributed by atoms with Gasteiger partial charge < -0.3 is 15.4 Å². The molecule has 2 N–H and O–H groups in total. The maximum absolute atomic E-state index is 5.78. The standard InChI is InChI=1S/C16H26N2OS/c1-13(2)9-11-18(3)10-6-12-19-15-8-5-4-7-14(15)16(17)20/h4-5,7-8,13H,6,9-12H2,1-3H3,(H2,17,20). The Morgan fingerprint density at radius 3 is 2.65 bits per heavy atom. The highest BCUT2D eigenvalue weighted by molar-refractivity contribution is 7.80. The van der Waals surface area contributed by atoms with Gasteiger partial charge in [0.2, 0.25) is 0 Å². The minimum absolute atomic E-state index is 0.384. The molecule has 1 aromatic rings. The molecule has 20 heavy (non-hydrogen) atoms. The third kappa shape index (κ3) is 6.35. The molecule has 0 aromatic heterocycles. The van der Waals surface area contributed by atoms with Gasteiger partial charge in [0, 0.05) is 6.54 Å².